The van der Waals surface area contributed by atoms with Crippen LogP contribution in [-0.2, 0) is 16.6 Å². The summed E-state index contributed by atoms with van der Waals surface area (Å²) in [5.41, 5.74) is 2.10. The maximum Gasteiger partial charge on any atom is 0.120 e. The summed E-state index contributed by atoms with van der Waals surface area (Å²) in [5, 5.41) is 9.21. The predicted octanol–water partition coefficient (Wildman–Crippen LogP) is 2.09. The number of aliphatic hydroxyl groups is 1. The molecule has 0 aliphatic heterocycles. The van der Waals surface area contributed by atoms with Crippen molar-refractivity contribution in [3.8, 4) is 0 Å². The molecule has 0 heterocycles. The maximum atomic E-state index is 10.2. The zero-order valence-corrected chi connectivity index (χ0v) is 9.36. The number of carbonyl (C=O) groups is 1. The number of aldehydes is 1. The molecule has 0 fully saturated rings. The monoisotopic (exact) mass is 206 g/mol. The van der Waals surface area contributed by atoms with Gasteiger partial charge in [-0.15, -0.1) is 0 Å². The van der Waals surface area contributed by atoms with E-state index in [0.29, 0.717) is 6.42 Å². The van der Waals surface area contributed by atoms with Gasteiger partial charge in [0.05, 0.1) is 6.61 Å². The lowest BCUT2D eigenvalue weighted by Gasteiger charge is -2.22. The summed E-state index contributed by atoms with van der Waals surface area (Å²) in [7, 11) is 0. The quantitative estimate of drug-likeness (QED) is 0.749. The normalized spacial score (nSPS) is 11.4. The Kier molecular flexibility index (Phi) is 4.04. The van der Waals surface area contributed by atoms with E-state index < -0.39 is 0 Å². The van der Waals surface area contributed by atoms with Crippen LogP contribution in [0.2, 0.25) is 0 Å². The van der Waals surface area contributed by atoms with E-state index >= 15 is 0 Å². The number of rotatable bonds is 5. The Morgan fingerprint density at radius 1 is 1.27 bits per heavy atom. The van der Waals surface area contributed by atoms with Crippen molar-refractivity contribution in [2.75, 3.05) is 6.61 Å². The second-order valence-corrected chi connectivity index (χ2v) is 4.44. The van der Waals surface area contributed by atoms with E-state index in [4.69, 9.17) is 0 Å². The lowest BCUT2D eigenvalue weighted by atomic mass is 9.85. The van der Waals surface area contributed by atoms with Crippen molar-refractivity contribution in [3.05, 3.63) is 35.4 Å². The van der Waals surface area contributed by atoms with Gasteiger partial charge in [-0.25, -0.2) is 0 Å². The van der Waals surface area contributed by atoms with Crippen LogP contribution >= 0.6 is 0 Å². The second kappa shape index (κ2) is 5.08. The van der Waals surface area contributed by atoms with Crippen molar-refractivity contribution in [1.82, 2.24) is 0 Å². The van der Waals surface area contributed by atoms with Gasteiger partial charge in [-0.3, -0.25) is 0 Å². The fourth-order valence-corrected chi connectivity index (χ4v) is 1.44. The fourth-order valence-electron chi connectivity index (χ4n) is 1.44. The number of benzene rings is 1. The third-order valence-electron chi connectivity index (χ3n) is 2.68. The molecule has 0 saturated heterocycles. The molecule has 1 rings (SSSR count). The van der Waals surface area contributed by atoms with Gasteiger partial charge in [-0.1, -0.05) is 38.1 Å². The van der Waals surface area contributed by atoms with Gasteiger partial charge < -0.3 is 9.90 Å². The molecule has 1 aromatic rings. The number of hydrogen-bond donors (Lipinski definition) is 1. The van der Waals surface area contributed by atoms with E-state index in [1.165, 1.54) is 5.56 Å². The smallest absolute Gasteiger partial charge is 0.120 e. The molecule has 0 radical (unpaired) electrons. The van der Waals surface area contributed by atoms with E-state index in [0.717, 1.165) is 18.3 Å². The van der Waals surface area contributed by atoms with Crippen molar-refractivity contribution in [3.63, 3.8) is 0 Å². The van der Waals surface area contributed by atoms with Crippen LogP contribution in [-0.4, -0.2) is 18.0 Å². The first-order chi connectivity index (χ1) is 7.10. The minimum atomic E-state index is -0.191. The molecule has 0 bridgehead atoms. The van der Waals surface area contributed by atoms with Crippen molar-refractivity contribution in [1.29, 1.82) is 0 Å². The van der Waals surface area contributed by atoms with Crippen LogP contribution in [0, 0.1) is 0 Å². The third-order valence-corrected chi connectivity index (χ3v) is 2.68. The minimum absolute atomic E-state index is 0.140. The van der Waals surface area contributed by atoms with Gasteiger partial charge in [0.1, 0.15) is 6.29 Å². The van der Waals surface area contributed by atoms with Crippen LogP contribution in [0.5, 0.6) is 0 Å². The number of hydrogen-bond acceptors (Lipinski definition) is 2. The summed E-state index contributed by atoms with van der Waals surface area (Å²) < 4.78 is 0. The van der Waals surface area contributed by atoms with E-state index in [2.05, 4.69) is 0 Å². The van der Waals surface area contributed by atoms with E-state index in [-0.39, 0.29) is 12.0 Å². The van der Waals surface area contributed by atoms with Crippen LogP contribution in [0.15, 0.2) is 24.3 Å². The van der Waals surface area contributed by atoms with E-state index in [1.54, 1.807) is 0 Å². The summed E-state index contributed by atoms with van der Waals surface area (Å²) >= 11 is 0. The fraction of sp³-hybridized carbons (Fsp3) is 0.462. The summed E-state index contributed by atoms with van der Waals surface area (Å²) in [4.78, 5) is 10.2. The topological polar surface area (TPSA) is 37.3 Å². The molecule has 0 aliphatic rings. The van der Waals surface area contributed by atoms with Gasteiger partial charge in [0.15, 0.2) is 0 Å². The average Bonchev–Trinajstić information content (AvgIpc) is 2.27. The predicted molar refractivity (Wildman–Crippen MR) is 60.9 cm³/mol. The van der Waals surface area contributed by atoms with Gasteiger partial charge >= 0.3 is 0 Å². The largest absolute Gasteiger partial charge is 0.395 e. The van der Waals surface area contributed by atoms with Gasteiger partial charge in [0.25, 0.3) is 0 Å². The molecule has 0 atom stereocenters. The first-order valence-electron chi connectivity index (χ1n) is 5.24. The number of aliphatic hydroxyl groups excluding tert-OH is 1. The molecule has 0 amide bonds. The average molecular weight is 206 g/mol. The first kappa shape index (κ1) is 11.9. The van der Waals surface area contributed by atoms with Crippen LogP contribution in [0.3, 0.4) is 0 Å². The van der Waals surface area contributed by atoms with Crippen LogP contribution < -0.4 is 0 Å². The SMILES string of the molecule is CC(C)(CO)c1ccc(CCC=O)cc1. The van der Waals surface area contributed by atoms with Crippen molar-refractivity contribution < 1.29 is 9.90 Å². The molecule has 82 valence electrons. The first-order valence-corrected chi connectivity index (χ1v) is 5.24. The lowest BCUT2D eigenvalue weighted by Crippen LogP contribution is -2.21. The van der Waals surface area contributed by atoms with Crippen LogP contribution in [0.1, 0.15) is 31.4 Å². The van der Waals surface area contributed by atoms with Gasteiger partial charge in [0, 0.05) is 11.8 Å². The van der Waals surface area contributed by atoms with Gasteiger partial charge in [-0.05, 0) is 17.5 Å². The highest BCUT2D eigenvalue weighted by molar-refractivity contribution is 5.50. The Morgan fingerprint density at radius 2 is 1.87 bits per heavy atom. The van der Waals surface area contributed by atoms with Crippen molar-refractivity contribution in [2.45, 2.75) is 32.1 Å². The molecule has 1 N–H and O–H groups in total. The van der Waals surface area contributed by atoms with Gasteiger partial charge in [-0.2, -0.15) is 0 Å². The summed E-state index contributed by atoms with van der Waals surface area (Å²) in [6.07, 6.45) is 2.30. The highest BCUT2D eigenvalue weighted by Gasteiger charge is 2.18. The molecular weight excluding hydrogens is 188 g/mol. The molecule has 2 heteroatoms. The maximum absolute atomic E-state index is 10.2. The molecule has 0 aliphatic carbocycles. The Morgan fingerprint density at radius 3 is 2.33 bits per heavy atom. The standard InChI is InChI=1S/C13H18O2/c1-13(2,10-15)12-7-5-11(6-8-12)4-3-9-14/h5-9,15H,3-4,10H2,1-2H3. The number of aryl methyl sites for hydroxylation is 1. The van der Waals surface area contributed by atoms with Crippen LogP contribution in [0.4, 0.5) is 0 Å². The second-order valence-electron chi connectivity index (χ2n) is 4.44. The lowest BCUT2D eigenvalue weighted by molar-refractivity contribution is -0.107. The third kappa shape index (κ3) is 3.17. The Hall–Kier alpha value is -1.15. The molecule has 0 aromatic heterocycles. The molecule has 1 aromatic carbocycles. The molecule has 0 spiro atoms. The molecular formula is C13H18O2. The highest BCUT2D eigenvalue weighted by Crippen LogP contribution is 2.22. The summed E-state index contributed by atoms with van der Waals surface area (Å²) in [6.45, 7) is 4.15. The van der Waals surface area contributed by atoms with E-state index in [9.17, 15) is 9.90 Å². The summed E-state index contributed by atoms with van der Waals surface area (Å²) in [6, 6.07) is 8.10. The van der Waals surface area contributed by atoms with E-state index in [1.807, 2.05) is 38.1 Å². The zero-order chi connectivity index (χ0) is 11.3. The number of carbonyl (C=O) groups excluding carboxylic acids is 1. The Balaban J connectivity index is 2.76. The molecule has 15 heavy (non-hydrogen) atoms. The molecule has 0 unspecified atom stereocenters. The molecule has 2 nitrogen and oxygen atoms in total. The van der Waals surface area contributed by atoms with Gasteiger partial charge in [0.2, 0.25) is 0 Å². The molecule has 0 saturated carbocycles. The van der Waals surface area contributed by atoms with Crippen molar-refractivity contribution in [2.24, 2.45) is 0 Å². The van der Waals surface area contributed by atoms with Crippen molar-refractivity contribution >= 4 is 6.29 Å². The Bertz CT molecular complexity index is 312. The zero-order valence-electron chi connectivity index (χ0n) is 9.36. The minimum Gasteiger partial charge on any atom is -0.395 e. The Labute approximate surface area is 90.9 Å². The highest BCUT2D eigenvalue weighted by atomic mass is 16.3. The van der Waals surface area contributed by atoms with Crippen LogP contribution in [0.25, 0.3) is 0 Å². The summed E-state index contributed by atoms with van der Waals surface area (Å²) in [5.74, 6) is 0.